The molecule has 0 aromatic carbocycles. The van der Waals surface area contributed by atoms with E-state index >= 15 is 0 Å². The van der Waals surface area contributed by atoms with Crippen molar-refractivity contribution in [3.8, 4) is 0 Å². The van der Waals surface area contributed by atoms with Gasteiger partial charge in [0.05, 0.1) is 6.54 Å². The highest BCUT2D eigenvalue weighted by atomic mass is 15.2. The van der Waals surface area contributed by atoms with Gasteiger partial charge in [-0.15, -0.1) is 0 Å². The number of nitrogens with one attached hydrogen (secondary N) is 1. The van der Waals surface area contributed by atoms with Crippen molar-refractivity contribution in [3.05, 3.63) is 17.7 Å². The van der Waals surface area contributed by atoms with E-state index in [1.54, 1.807) is 0 Å². The summed E-state index contributed by atoms with van der Waals surface area (Å²) in [7, 11) is 0. The summed E-state index contributed by atoms with van der Waals surface area (Å²) in [6.07, 6.45) is 2.01. The minimum Gasteiger partial charge on any atom is -0.329 e. The van der Waals surface area contributed by atoms with Crippen molar-refractivity contribution in [2.45, 2.75) is 32.9 Å². The zero-order valence-electron chi connectivity index (χ0n) is 7.67. The SMILES string of the molecule is CC(C)c1cnc2n1CCNC2.[HH]. The van der Waals surface area contributed by atoms with Crippen molar-refractivity contribution in [2.24, 2.45) is 0 Å². The average Bonchev–Trinajstić information content (AvgIpc) is 2.47. The van der Waals surface area contributed by atoms with E-state index in [2.05, 4.69) is 28.7 Å². The van der Waals surface area contributed by atoms with Crippen LogP contribution in [0, 0.1) is 0 Å². The van der Waals surface area contributed by atoms with E-state index in [1.807, 2.05) is 6.20 Å². The Labute approximate surface area is 74.3 Å². The normalized spacial score (nSPS) is 16.6. The Hall–Kier alpha value is -0.830. The second-order valence-corrected chi connectivity index (χ2v) is 3.58. The van der Waals surface area contributed by atoms with Gasteiger partial charge < -0.3 is 9.88 Å². The van der Waals surface area contributed by atoms with Crippen molar-refractivity contribution >= 4 is 0 Å². The molecule has 1 aliphatic rings. The molecule has 0 saturated heterocycles. The van der Waals surface area contributed by atoms with Crippen molar-refractivity contribution in [3.63, 3.8) is 0 Å². The van der Waals surface area contributed by atoms with E-state index in [-0.39, 0.29) is 1.43 Å². The summed E-state index contributed by atoms with van der Waals surface area (Å²) in [6, 6.07) is 0. The fourth-order valence-electron chi connectivity index (χ4n) is 1.68. The lowest BCUT2D eigenvalue weighted by Crippen LogP contribution is -2.29. The van der Waals surface area contributed by atoms with Crippen LogP contribution in [0.5, 0.6) is 0 Å². The molecule has 2 heterocycles. The highest BCUT2D eigenvalue weighted by molar-refractivity contribution is 5.10. The first-order chi connectivity index (χ1) is 5.79. The summed E-state index contributed by atoms with van der Waals surface area (Å²) in [4.78, 5) is 4.38. The molecule has 0 amide bonds. The Balaban J connectivity index is 0.000000845. The number of hydrogen-bond donors (Lipinski definition) is 1. The third-order valence-corrected chi connectivity index (χ3v) is 2.36. The van der Waals surface area contributed by atoms with Gasteiger partial charge in [-0.05, 0) is 5.92 Å². The van der Waals surface area contributed by atoms with Gasteiger partial charge in [0.1, 0.15) is 5.82 Å². The third-order valence-electron chi connectivity index (χ3n) is 2.36. The second kappa shape index (κ2) is 2.90. The largest absolute Gasteiger partial charge is 0.329 e. The molecule has 0 bridgehead atoms. The van der Waals surface area contributed by atoms with Gasteiger partial charge in [-0.2, -0.15) is 0 Å². The molecule has 12 heavy (non-hydrogen) atoms. The van der Waals surface area contributed by atoms with E-state index in [4.69, 9.17) is 0 Å². The van der Waals surface area contributed by atoms with Gasteiger partial charge in [-0.3, -0.25) is 0 Å². The Morgan fingerprint density at radius 3 is 3.25 bits per heavy atom. The maximum Gasteiger partial charge on any atom is 0.122 e. The molecule has 0 spiro atoms. The maximum atomic E-state index is 4.38. The fraction of sp³-hybridized carbons (Fsp3) is 0.667. The van der Waals surface area contributed by atoms with Crippen LogP contribution in [-0.4, -0.2) is 16.1 Å². The first-order valence-electron chi connectivity index (χ1n) is 4.54. The molecule has 0 aliphatic carbocycles. The van der Waals surface area contributed by atoms with Crippen molar-refractivity contribution in [1.29, 1.82) is 0 Å². The standard InChI is InChI=1S/C9H15N3.H2/c1-7(2)8-5-11-9-6-10-3-4-12(8)9;/h5,7,10H,3-4,6H2,1-2H3;1H. The third kappa shape index (κ3) is 1.14. The van der Waals surface area contributed by atoms with Gasteiger partial charge in [-0.1, -0.05) is 13.8 Å². The summed E-state index contributed by atoms with van der Waals surface area (Å²) in [5, 5.41) is 3.31. The number of fused-ring (bicyclic) bond motifs is 1. The van der Waals surface area contributed by atoms with Gasteiger partial charge in [0.2, 0.25) is 0 Å². The van der Waals surface area contributed by atoms with Crippen LogP contribution < -0.4 is 5.32 Å². The molecule has 0 unspecified atom stereocenters. The molecule has 68 valence electrons. The lowest BCUT2D eigenvalue weighted by Gasteiger charge is -2.18. The van der Waals surface area contributed by atoms with Crippen LogP contribution in [0.1, 0.15) is 32.7 Å². The van der Waals surface area contributed by atoms with E-state index in [9.17, 15) is 0 Å². The molecule has 1 aromatic heterocycles. The van der Waals surface area contributed by atoms with Crippen molar-refractivity contribution in [2.75, 3.05) is 6.54 Å². The molecule has 3 nitrogen and oxygen atoms in total. The predicted octanol–water partition coefficient (Wildman–Crippen LogP) is 1.36. The van der Waals surface area contributed by atoms with Crippen molar-refractivity contribution in [1.82, 2.24) is 14.9 Å². The maximum absolute atomic E-state index is 4.38. The Bertz CT molecular complexity index is 280. The number of aromatic nitrogens is 2. The highest BCUT2D eigenvalue weighted by Gasteiger charge is 2.14. The molecule has 0 atom stereocenters. The quantitative estimate of drug-likeness (QED) is 0.684. The van der Waals surface area contributed by atoms with Crippen LogP contribution in [-0.2, 0) is 13.1 Å². The Kier molecular flexibility index (Phi) is 1.89. The van der Waals surface area contributed by atoms with Gasteiger partial charge >= 0.3 is 0 Å². The summed E-state index contributed by atoms with van der Waals surface area (Å²) in [5.41, 5.74) is 1.37. The lowest BCUT2D eigenvalue weighted by atomic mass is 10.1. The molecule has 1 aromatic rings. The minimum absolute atomic E-state index is 0. The Morgan fingerprint density at radius 1 is 1.67 bits per heavy atom. The van der Waals surface area contributed by atoms with Crippen LogP contribution in [0.4, 0.5) is 0 Å². The summed E-state index contributed by atoms with van der Waals surface area (Å²) in [6.45, 7) is 7.50. The van der Waals surface area contributed by atoms with Crippen LogP contribution in [0.25, 0.3) is 0 Å². The van der Waals surface area contributed by atoms with Gasteiger partial charge in [-0.25, -0.2) is 4.98 Å². The van der Waals surface area contributed by atoms with Crippen LogP contribution in [0.2, 0.25) is 0 Å². The molecule has 0 radical (unpaired) electrons. The first-order valence-corrected chi connectivity index (χ1v) is 4.54. The monoisotopic (exact) mass is 167 g/mol. The molecule has 2 rings (SSSR count). The molecule has 1 aliphatic heterocycles. The Morgan fingerprint density at radius 2 is 2.50 bits per heavy atom. The first kappa shape index (κ1) is 7.80. The van der Waals surface area contributed by atoms with Gasteiger partial charge in [0, 0.05) is 26.4 Å². The van der Waals surface area contributed by atoms with Crippen molar-refractivity contribution < 1.29 is 1.43 Å². The summed E-state index contributed by atoms with van der Waals surface area (Å²) in [5.74, 6) is 1.77. The van der Waals surface area contributed by atoms with Gasteiger partial charge in [0.25, 0.3) is 0 Å². The molecule has 1 N–H and O–H groups in total. The lowest BCUT2D eigenvalue weighted by molar-refractivity contribution is 0.487. The van der Waals surface area contributed by atoms with Crippen LogP contribution in [0.15, 0.2) is 6.20 Å². The smallest absolute Gasteiger partial charge is 0.122 e. The molecule has 0 saturated carbocycles. The molecule has 3 heteroatoms. The zero-order valence-corrected chi connectivity index (χ0v) is 7.67. The van der Waals surface area contributed by atoms with Crippen LogP contribution >= 0.6 is 0 Å². The zero-order chi connectivity index (χ0) is 8.55. The average molecular weight is 167 g/mol. The van der Waals surface area contributed by atoms with E-state index in [1.165, 1.54) is 11.5 Å². The highest BCUT2D eigenvalue weighted by Crippen LogP contribution is 2.17. The summed E-state index contributed by atoms with van der Waals surface area (Å²) < 4.78 is 2.33. The number of hydrogen-bond acceptors (Lipinski definition) is 2. The topological polar surface area (TPSA) is 29.9 Å². The van der Waals surface area contributed by atoms with E-state index in [0.717, 1.165) is 19.6 Å². The molecular weight excluding hydrogens is 150 g/mol. The fourth-order valence-corrected chi connectivity index (χ4v) is 1.68. The number of nitrogens with zero attached hydrogens (tertiary/aromatic N) is 2. The van der Waals surface area contributed by atoms with Crippen LogP contribution in [0.3, 0.4) is 0 Å². The second-order valence-electron chi connectivity index (χ2n) is 3.58. The van der Waals surface area contributed by atoms with E-state index in [0.29, 0.717) is 5.92 Å². The molecule has 0 fully saturated rings. The number of rotatable bonds is 1. The predicted molar refractivity (Wildman–Crippen MR) is 50.1 cm³/mol. The summed E-state index contributed by atoms with van der Waals surface area (Å²) >= 11 is 0. The number of imidazole rings is 1. The van der Waals surface area contributed by atoms with E-state index < -0.39 is 0 Å². The molecular formula is C9H17N3. The minimum atomic E-state index is 0. The van der Waals surface area contributed by atoms with Gasteiger partial charge in [0.15, 0.2) is 0 Å².